The summed E-state index contributed by atoms with van der Waals surface area (Å²) < 4.78 is 5.32. The van der Waals surface area contributed by atoms with Crippen molar-refractivity contribution in [1.29, 1.82) is 0 Å². The van der Waals surface area contributed by atoms with Crippen LogP contribution in [0, 0.1) is 5.92 Å². The largest absolute Gasteiger partial charge is 0.379 e. The van der Waals surface area contributed by atoms with E-state index in [0.29, 0.717) is 19.8 Å². The van der Waals surface area contributed by atoms with Crippen LogP contribution < -0.4 is 5.32 Å². The lowest BCUT2D eigenvalue weighted by atomic mass is 10.0. The monoisotopic (exact) mass is 257 g/mol. The summed E-state index contributed by atoms with van der Waals surface area (Å²) in [7, 11) is 5.20. The Kier molecular flexibility index (Phi) is 5.55. The van der Waals surface area contributed by atoms with Gasteiger partial charge in [-0.05, 0) is 14.0 Å². The molecule has 1 heterocycles. The summed E-state index contributed by atoms with van der Waals surface area (Å²) >= 11 is 0. The smallest absolute Gasteiger partial charge is 0.241 e. The van der Waals surface area contributed by atoms with Gasteiger partial charge in [-0.1, -0.05) is 0 Å². The maximum atomic E-state index is 12.3. The molecule has 1 saturated heterocycles. The number of likely N-dealkylation sites (N-methyl/N-ethyl adjacent to an activating group) is 3. The molecule has 0 bridgehead atoms. The number of carbonyl (C=O) groups excluding carboxylic acids is 2. The molecular weight excluding hydrogens is 234 g/mol. The summed E-state index contributed by atoms with van der Waals surface area (Å²) in [6.45, 7) is 3.52. The molecular formula is C12H23N3O3. The van der Waals surface area contributed by atoms with Crippen molar-refractivity contribution in [3.05, 3.63) is 0 Å². The standard InChI is InChI=1S/C12H23N3O3/c1-5-15(6-11(16)14(3)4)12(17)9-7-18-8-10(9)13-2/h9-10,13H,5-8H2,1-4H3. The molecule has 0 spiro atoms. The second-order valence-electron chi connectivity index (χ2n) is 4.68. The van der Waals surface area contributed by atoms with E-state index < -0.39 is 0 Å². The molecule has 18 heavy (non-hydrogen) atoms. The van der Waals surface area contributed by atoms with Gasteiger partial charge in [0, 0.05) is 26.7 Å². The van der Waals surface area contributed by atoms with Gasteiger partial charge in [-0.15, -0.1) is 0 Å². The zero-order valence-corrected chi connectivity index (χ0v) is 11.6. The van der Waals surface area contributed by atoms with Crippen molar-refractivity contribution in [1.82, 2.24) is 15.1 Å². The molecule has 1 aliphatic rings. The number of amides is 2. The van der Waals surface area contributed by atoms with Gasteiger partial charge in [0.2, 0.25) is 11.8 Å². The Balaban J connectivity index is 2.64. The van der Waals surface area contributed by atoms with Crippen molar-refractivity contribution in [2.75, 3.05) is 47.4 Å². The first kappa shape index (κ1) is 14.9. The first-order chi connectivity index (χ1) is 8.51. The van der Waals surface area contributed by atoms with Gasteiger partial charge in [0.1, 0.15) is 0 Å². The fourth-order valence-corrected chi connectivity index (χ4v) is 1.97. The molecule has 0 aromatic heterocycles. The van der Waals surface area contributed by atoms with Crippen LogP contribution >= 0.6 is 0 Å². The predicted octanol–water partition coefficient (Wildman–Crippen LogP) is -0.842. The van der Waals surface area contributed by atoms with Gasteiger partial charge < -0.3 is 19.9 Å². The Morgan fingerprint density at radius 3 is 2.50 bits per heavy atom. The zero-order valence-electron chi connectivity index (χ0n) is 11.6. The lowest BCUT2D eigenvalue weighted by Crippen LogP contribution is -2.47. The van der Waals surface area contributed by atoms with Crippen LogP contribution in [-0.4, -0.2) is 75.1 Å². The SMILES string of the molecule is CCN(CC(=O)N(C)C)C(=O)C1COCC1NC. The average molecular weight is 257 g/mol. The summed E-state index contributed by atoms with van der Waals surface area (Å²) in [6, 6.07) is 0.0426. The molecule has 6 nitrogen and oxygen atoms in total. The maximum Gasteiger partial charge on any atom is 0.241 e. The number of ether oxygens (including phenoxy) is 1. The Bertz CT molecular complexity index is 307. The van der Waals surface area contributed by atoms with Gasteiger partial charge in [0.05, 0.1) is 25.7 Å². The van der Waals surface area contributed by atoms with E-state index in [1.807, 2.05) is 14.0 Å². The first-order valence-corrected chi connectivity index (χ1v) is 6.25. The van der Waals surface area contributed by atoms with Gasteiger partial charge in [-0.2, -0.15) is 0 Å². The van der Waals surface area contributed by atoms with E-state index >= 15 is 0 Å². The van der Waals surface area contributed by atoms with E-state index in [9.17, 15) is 9.59 Å². The third-order valence-electron chi connectivity index (χ3n) is 3.29. The highest BCUT2D eigenvalue weighted by atomic mass is 16.5. The number of hydrogen-bond acceptors (Lipinski definition) is 4. The minimum atomic E-state index is -0.190. The van der Waals surface area contributed by atoms with Crippen molar-refractivity contribution < 1.29 is 14.3 Å². The quantitative estimate of drug-likeness (QED) is 0.697. The molecule has 6 heteroatoms. The van der Waals surface area contributed by atoms with Crippen LogP contribution in [-0.2, 0) is 14.3 Å². The molecule has 0 aromatic carbocycles. The number of rotatable bonds is 5. The summed E-state index contributed by atoms with van der Waals surface area (Å²) in [6.07, 6.45) is 0. The molecule has 2 unspecified atom stereocenters. The van der Waals surface area contributed by atoms with E-state index in [2.05, 4.69) is 5.32 Å². The zero-order chi connectivity index (χ0) is 13.7. The number of hydrogen-bond donors (Lipinski definition) is 1. The van der Waals surface area contributed by atoms with E-state index in [4.69, 9.17) is 4.74 Å². The van der Waals surface area contributed by atoms with Gasteiger partial charge in [0.15, 0.2) is 0 Å². The van der Waals surface area contributed by atoms with Crippen molar-refractivity contribution in [3.63, 3.8) is 0 Å². The van der Waals surface area contributed by atoms with Crippen LogP contribution in [0.15, 0.2) is 0 Å². The van der Waals surface area contributed by atoms with Gasteiger partial charge >= 0.3 is 0 Å². The van der Waals surface area contributed by atoms with Crippen LogP contribution in [0.5, 0.6) is 0 Å². The molecule has 0 aliphatic carbocycles. The molecule has 1 fully saturated rings. The lowest BCUT2D eigenvalue weighted by molar-refractivity contribution is -0.142. The molecule has 0 saturated carbocycles. The number of nitrogens with one attached hydrogen (secondary N) is 1. The molecule has 2 amide bonds. The molecule has 1 rings (SSSR count). The summed E-state index contributed by atoms with van der Waals surface area (Å²) in [5.41, 5.74) is 0. The van der Waals surface area contributed by atoms with Crippen molar-refractivity contribution in [3.8, 4) is 0 Å². The van der Waals surface area contributed by atoms with E-state index in [1.165, 1.54) is 4.90 Å². The molecule has 0 aromatic rings. The topological polar surface area (TPSA) is 61.9 Å². The second kappa shape index (κ2) is 6.70. The number of nitrogens with zero attached hydrogens (tertiary/aromatic N) is 2. The third-order valence-corrected chi connectivity index (χ3v) is 3.29. The van der Waals surface area contributed by atoms with Gasteiger partial charge in [0.25, 0.3) is 0 Å². The van der Waals surface area contributed by atoms with E-state index in [-0.39, 0.29) is 30.3 Å². The van der Waals surface area contributed by atoms with E-state index in [0.717, 1.165) is 0 Å². The van der Waals surface area contributed by atoms with Crippen LogP contribution in [0.25, 0.3) is 0 Å². The van der Waals surface area contributed by atoms with Gasteiger partial charge in [-0.3, -0.25) is 9.59 Å². The highest BCUT2D eigenvalue weighted by molar-refractivity contribution is 5.86. The fraction of sp³-hybridized carbons (Fsp3) is 0.833. The first-order valence-electron chi connectivity index (χ1n) is 6.25. The van der Waals surface area contributed by atoms with Crippen molar-refractivity contribution >= 4 is 11.8 Å². The van der Waals surface area contributed by atoms with E-state index in [1.54, 1.807) is 19.0 Å². The highest BCUT2D eigenvalue weighted by Gasteiger charge is 2.35. The summed E-state index contributed by atoms with van der Waals surface area (Å²) in [5, 5.41) is 3.08. The maximum absolute atomic E-state index is 12.3. The minimum Gasteiger partial charge on any atom is -0.379 e. The number of carbonyl (C=O) groups is 2. The molecule has 2 atom stereocenters. The Hall–Kier alpha value is -1.14. The van der Waals surface area contributed by atoms with Gasteiger partial charge in [-0.25, -0.2) is 0 Å². The van der Waals surface area contributed by atoms with Crippen LogP contribution in [0.3, 0.4) is 0 Å². The predicted molar refractivity (Wildman–Crippen MR) is 68.1 cm³/mol. The van der Waals surface area contributed by atoms with Crippen LogP contribution in [0.1, 0.15) is 6.92 Å². The molecule has 104 valence electrons. The lowest BCUT2D eigenvalue weighted by Gasteiger charge is -2.26. The Labute approximate surface area is 108 Å². The normalized spacial score (nSPS) is 22.9. The highest BCUT2D eigenvalue weighted by Crippen LogP contribution is 2.16. The van der Waals surface area contributed by atoms with Crippen LogP contribution in [0.4, 0.5) is 0 Å². The summed E-state index contributed by atoms with van der Waals surface area (Å²) in [4.78, 5) is 27.1. The van der Waals surface area contributed by atoms with Crippen molar-refractivity contribution in [2.24, 2.45) is 5.92 Å². The fourth-order valence-electron chi connectivity index (χ4n) is 1.97. The average Bonchev–Trinajstić information content (AvgIpc) is 2.82. The molecule has 0 radical (unpaired) electrons. The molecule has 1 aliphatic heterocycles. The van der Waals surface area contributed by atoms with Crippen molar-refractivity contribution in [2.45, 2.75) is 13.0 Å². The molecule has 1 N–H and O–H groups in total. The second-order valence-corrected chi connectivity index (χ2v) is 4.68. The third kappa shape index (κ3) is 3.43. The Morgan fingerprint density at radius 1 is 1.33 bits per heavy atom. The minimum absolute atomic E-state index is 0.00968. The summed E-state index contributed by atoms with van der Waals surface area (Å²) in [5.74, 6) is -0.264. The Morgan fingerprint density at radius 2 is 2.00 bits per heavy atom. The van der Waals surface area contributed by atoms with Crippen LogP contribution in [0.2, 0.25) is 0 Å².